The summed E-state index contributed by atoms with van der Waals surface area (Å²) in [6.45, 7) is 3.43. The van der Waals surface area contributed by atoms with Crippen LogP contribution in [0.15, 0.2) is 72.9 Å². The second-order valence-corrected chi connectivity index (χ2v) is 10.1. The van der Waals surface area contributed by atoms with Gasteiger partial charge in [0.05, 0.1) is 31.1 Å². The maximum Gasteiger partial charge on any atom is 0.255 e. The van der Waals surface area contributed by atoms with E-state index in [9.17, 15) is 18.7 Å². The van der Waals surface area contributed by atoms with Crippen LogP contribution in [0.1, 0.15) is 35.3 Å². The number of fused-ring (bicyclic) bond motifs is 1. The van der Waals surface area contributed by atoms with Crippen molar-refractivity contribution in [3.63, 3.8) is 0 Å². The van der Waals surface area contributed by atoms with Gasteiger partial charge in [0.25, 0.3) is 5.91 Å². The molecular formula is C31H29F2N5O4. The lowest BCUT2D eigenvalue weighted by molar-refractivity contribution is 0.0783. The number of rotatable bonds is 9. The number of anilines is 2. The molecule has 0 unspecified atom stereocenters. The molecule has 0 aliphatic rings. The molecule has 5 rings (SSSR count). The Labute approximate surface area is 240 Å². The van der Waals surface area contributed by atoms with Crippen LogP contribution in [-0.4, -0.2) is 39.8 Å². The highest BCUT2D eigenvalue weighted by atomic mass is 19.2. The Morgan fingerprint density at radius 1 is 0.929 bits per heavy atom. The second-order valence-electron chi connectivity index (χ2n) is 10.1. The molecule has 0 atom stereocenters. The lowest BCUT2D eigenvalue weighted by Crippen LogP contribution is -2.23. The molecule has 0 aliphatic heterocycles. The van der Waals surface area contributed by atoms with Crippen molar-refractivity contribution >= 4 is 23.2 Å². The predicted molar refractivity (Wildman–Crippen MR) is 154 cm³/mol. The van der Waals surface area contributed by atoms with Gasteiger partial charge in [-0.1, -0.05) is 18.2 Å². The molecular weight excluding hydrogens is 544 g/mol. The number of aromatic nitrogens is 3. The lowest BCUT2D eigenvalue weighted by Gasteiger charge is -2.19. The standard InChI is InChI=1S/C31H29F2N5O4/c1-31(2,40)21-8-11-25(27(15-21)42-4)35-30-36-28-12-7-20(17-38(28)37-30)19-6-9-22(26(14-19)41-3)29(39)34-16-18-5-10-23(32)24(33)13-18/h5-15,17,40H,16H2,1-4H3,(H,34,39)(H,35,37). The van der Waals surface area contributed by atoms with Crippen molar-refractivity contribution in [1.29, 1.82) is 0 Å². The molecule has 0 fully saturated rings. The molecule has 0 bridgehead atoms. The zero-order valence-electron chi connectivity index (χ0n) is 23.4. The molecule has 5 aromatic rings. The van der Waals surface area contributed by atoms with E-state index in [0.717, 1.165) is 23.3 Å². The Hall–Kier alpha value is -5.03. The first kappa shape index (κ1) is 28.5. The van der Waals surface area contributed by atoms with Gasteiger partial charge in [-0.25, -0.2) is 13.3 Å². The second kappa shape index (κ2) is 11.5. The van der Waals surface area contributed by atoms with Crippen molar-refractivity contribution in [3.05, 3.63) is 101 Å². The molecule has 0 aliphatic carbocycles. The number of aliphatic hydroxyl groups is 1. The van der Waals surface area contributed by atoms with Crippen molar-refractivity contribution < 1.29 is 28.2 Å². The number of hydrogen-bond donors (Lipinski definition) is 3. The topological polar surface area (TPSA) is 110 Å². The van der Waals surface area contributed by atoms with Gasteiger partial charge in [0.2, 0.25) is 5.95 Å². The van der Waals surface area contributed by atoms with Crippen molar-refractivity contribution in [2.45, 2.75) is 26.0 Å². The van der Waals surface area contributed by atoms with E-state index >= 15 is 0 Å². The summed E-state index contributed by atoms with van der Waals surface area (Å²) >= 11 is 0. The molecule has 216 valence electrons. The molecule has 0 radical (unpaired) electrons. The zero-order valence-corrected chi connectivity index (χ0v) is 23.4. The average molecular weight is 574 g/mol. The fourth-order valence-electron chi connectivity index (χ4n) is 4.39. The largest absolute Gasteiger partial charge is 0.496 e. The van der Waals surface area contributed by atoms with Gasteiger partial charge in [-0.2, -0.15) is 4.98 Å². The minimum Gasteiger partial charge on any atom is -0.496 e. The van der Waals surface area contributed by atoms with E-state index in [-0.39, 0.29) is 6.54 Å². The summed E-state index contributed by atoms with van der Waals surface area (Å²) in [7, 11) is 3.01. The highest BCUT2D eigenvalue weighted by Crippen LogP contribution is 2.32. The molecule has 0 saturated heterocycles. The number of nitrogens with one attached hydrogen (secondary N) is 2. The Bertz CT molecular complexity index is 1780. The van der Waals surface area contributed by atoms with Crippen LogP contribution >= 0.6 is 0 Å². The summed E-state index contributed by atoms with van der Waals surface area (Å²) in [6.07, 6.45) is 1.81. The Kier molecular flexibility index (Phi) is 7.77. The van der Waals surface area contributed by atoms with Gasteiger partial charge in [0.15, 0.2) is 17.3 Å². The third-order valence-electron chi connectivity index (χ3n) is 6.70. The normalized spacial score (nSPS) is 11.4. The lowest BCUT2D eigenvalue weighted by atomic mass is 9.98. The molecule has 9 nitrogen and oxygen atoms in total. The van der Waals surface area contributed by atoms with E-state index in [4.69, 9.17) is 9.47 Å². The van der Waals surface area contributed by atoms with Gasteiger partial charge in [0, 0.05) is 18.3 Å². The van der Waals surface area contributed by atoms with E-state index in [1.54, 1.807) is 68.1 Å². The SMILES string of the molecule is COc1cc(C(C)(C)O)ccc1Nc1nc2ccc(-c3ccc(C(=O)NCc4ccc(F)c(F)c4)c(OC)c3)cn2n1. The number of methoxy groups -OCH3 is 2. The monoisotopic (exact) mass is 573 g/mol. The average Bonchev–Trinajstić information content (AvgIpc) is 3.38. The van der Waals surface area contributed by atoms with Crippen LogP contribution in [0.25, 0.3) is 16.8 Å². The van der Waals surface area contributed by atoms with Gasteiger partial charge in [0.1, 0.15) is 11.5 Å². The van der Waals surface area contributed by atoms with E-state index < -0.39 is 23.1 Å². The number of pyridine rings is 1. The highest BCUT2D eigenvalue weighted by Gasteiger charge is 2.19. The first-order chi connectivity index (χ1) is 20.0. The number of halogens is 2. The molecule has 11 heteroatoms. The van der Waals surface area contributed by atoms with Gasteiger partial charge in [-0.15, -0.1) is 5.10 Å². The Morgan fingerprint density at radius 3 is 2.40 bits per heavy atom. The fraction of sp³-hybridized carbons (Fsp3) is 0.194. The minimum absolute atomic E-state index is 0.0235. The van der Waals surface area contributed by atoms with Crippen molar-refractivity contribution in [3.8, 4) is 22.6 Å². The number of nitrogens with zero attached hydrogens (tertiary/aromatic N) is 3. The summed E-state index contributed by atoms with van der Waals surface area (Å²) < 4.78 is 39.3. The first-order valence-corrected chi connectivity index (χ1v) is 13.0. The number of hydrogen-bond acceptors (Lipinski definition) is 7. The maximum absolute atomic E-state index is 13.5. The molecule has 0 spiro atoms. The van der Waals surface area contributed by atoms with Gasteiger partial charge in [-0.3, -0.25) is 4.79 Å². The quantitative estimate of drug-likeness (QED) is 0.211. The molecule has 3 aromatic carbocycles. The summed E-state index contributed by atoms with van der Waals surface area (Å²) in [6, 6.07) is 17.7. The zero-order chi connectivity index (χ0) is 30.0. The van der Waals surface area contributed by atoms with Crippen molar-refractivity contribution in [1.82, 2.24) is 19.9 Å². The smallest absolute Gasteiger partial charge is 0.255 e. The molecule has 2 aromatic heterocycles. The van der Waals surface area contributed by atoms with Gasteiger partial charge >= 0.3 is 0 Å². The third kappa shape index (κ3) is 6.01. The minimum atomic E-state index is -1.01. The molecule has 0 saturated carbocycles. The van der Waals surface area contributed by atoms with Crippen LogP contribution in [0.3, 0.4) is 0 Å². The summed E-state index contributed by atoms with van der Waals surface area (Å²) in [5.74, 6) is -1.11. The molecule has 1 amide bonds. The fourth-order valence-corrected chi connectivity index (χ4v) is 4.39. The molecule has 42 heavy (non-hydrogen) atoms. The van der Waals surface area contributed by atoms with Gasteiger partial charge in [-0.05, 0) is 79.1 Å². The summed E-state index contributed by atoms with van der Waals surface area (Å²) in [5, 5.41) is 20.7. The highest BCUT2D eigenvalue weighted by molar-refractivity contribution is 5.97. The molecule has 2 heterocycles. The number of carbonyl (C=O) groups excluding carboxylic acids is 1. The van der Waals surface area contributed by atoms with Crippen molar-refractivity contribution in [2.24, 2.45) is 0 Å². The maximum atomic E-state index is 13.5. The number of carbonyl (C=O) groups is 1. The van der Waals surface area contributed by atoms with Crippen molar-refractivity contribution in [2.75, 3.05) is 19.5 Å². The summed E-state index contributed by atoms with van der Waals surface area (Å²) in [4.78, 5) is 17.4. The summed E-state index contributed by atoms with van der Waals surface area (Å²) in [5.41, 5.74) is 3.24. The van der Waals surface area contributed by atoms with Crippen LogP contribution in [-0.2, 0) is 12.1 Å². The van der Waals surface area contributed by atoms with E-state index in [1.807, 2.05) is 12.1 Å². The Morgan fingerprint density at radius 2 is 1.69 bits per heavy atom. The number of benzene rings is 3. The van der Waals surface area contributed by atoms with Crippen LogP contribution in [0.5, 0.6) is 11.5 Å². The molecule has 3 N–H and O–H groups in total. The van der Waals surface area contributed by atoms with E-state index in [1.165, 1.54) is 13.2 Å². The number of ether oxygens (including phenoxy) is 2. The van der Waals surface area contributed by atoms with E-state index in [0.29, 0.717) is 45.5 Å². The van der Waals surface area contributed by atoms with Gasteiger partial charge < -0.3 is 25.2 Å². The van der Waals surface area contributed by atoms with Crippen LogP contribution < -0.4 is 20.1 Å². The van der Waals surface area contributed by atoms with Crippen LogP contribution in [0, 0.1) is 11.6 Å². The predicted octanol–water partition coefficient (Wildman–Crippen LogP) is 5.59. The van der Waals surface area contributed by atoms with E-state index in [2.05, 4.69) is 20.7 Å². The van der Waals surface area contributed by atoms with Crippen LogP contribution in [0.4, 0.5) is 20.4 Å². The Balaban J connectivity index is 1.34. The number of amides is 1. The first-order valence-electron chi connectivity index (χ1n) is 13.0. The third-order valence-corrected chi connectivity index (χ3v) is 6.70. The van der Waals surface area contributed by atoms with Crippen LogP contribution in [0.2, 0.25) is 0 Å².